The van der Waals surface area contributed by atoms with Gasteiger partial charge in [0.2, 0.25) is 0 Å². The standard InChI is InChI=1S/C16H16N2OS/c1-11-5-3-4-6-12(11)10-18-15-8-7-13(19-2)9-14(15)17-16(18)20/h3-9H,10H2,1-2H3,(H,17,20). The molecule has 1 aromatic heterocycles. The third-order valence-electron chi connectivity index (χ3n) is 3.57. The van der Waals surface area contributed by atoms with Gasteiger partial charge in [-0.05, 0) is 42.4 Å². The van der Waals surface area contributed by atoms with Crippen LogP contribution in [0.25, 0.3) is 11.0 Å². The highest BCUT2D eigenvalue weighted by Crippen LogP contribution is 2.22. The van der Waals surface area contributed by atoms with Gasteiger partial charge in [-0.2, -0.15) is 0 Å². The predicted octanol–water partition coefficient (Wildman–Crippen LogP) is 4.06. The Morgan fingerprint density at radius 1 is 1.20 bits per heavy atom. The van der Waals surface area contributed by atoms with E-state index < -0.39 is 0 Å². The molecule has 1 heterocycles. The number of rotatable bonds is 3. The number of aromatic amines is 1. The quantitative estimate of drug-likeness (QED) is 0.735. The van der Waals surface area contributed by atoms with Gasteiger partial charge in [0.25, 0.3) is 0 Å². The van der Waals surface area contributed by atoms with Crippen molar-refractivity contribution in [3.8, 4) is 5.75 Å². The van der Waals surface area contributed by atoms with Gasteiger partial charge >= 0.3 is 0 Å². The molecule has 0 aliphatic rings. The molecule has 0 bridgehead atoms. The van der Waals surface area contributed by atoms with Gasteiger partial charge in [-0.3, -0.25) is 0 Å². The van der Waals surface area contributed by atoms with Crippen molar-refractivity contribution in [1.29, 1.82) is 0 Å². The minimum absolute atomic E-state index is 0.733. The topological polar surface area (TPSA) is 29.9 Å². The molecule has 0 spiro atoms. The smallest absolute Gasteiger partial charge is 0.178 e. The second-order valence-electron chi connectivity index (χ2n) is 4.83. The van der Waals surface area contributed by atoms with Gasteiger partial charge in [0.1, 0.15) is 5.75 Å². The molecule has 0 amide bonds. The number of hydrogen-bond donors (Lipinski definition) is 1. The molecule has 2 aromatic carbocycles. The molecule has 0 saturated heterocycles. The second-order valence-corrected chi connectivity index (χ2v) is 5.21. The lowest BCUT2D eigenvalue weighted by Gasteiger charge is -2.08. The fraction of sp³-hybridized carbons (Fsp3) is 0.188. The van der Waals surface area contributed by atoms with Gasteiger partial charge in [0.15, 0.2) is 4.77 Å². The lowest BCUT2D eigenvalue weighted by Crippen LogP contribution is -2.01. The summed E-state index contributed by atoms with van der Waals surface area (Å²) in [6, 6.07) is 14.3. The summed E-state index contributed by atoms with van der Waals surface area (Å²) in [4.78, 5) is 3.24. The summed E-state index contributed by atoms with van der Waals surface area (Å²) in [5, 5.41) is 0. The van der Waals surface area contributed by atoms with E-state index in [9.17, 15) is 0 Å². The van der Waals surface area contributed by atoms with Crippen LogP contribution in [-0.2, 0) is 6.54 Å². The highest BCUT2D eigenvalue weighted by Gasteiger charge is 2.07. The molecule has 4 heteroatoms. The lowest BCUT2D eigenvalue weighted by molar-refractivity contribution is 0.415. The van der Waals surface area contributed by atoms with Crippen LogP contribution in [0.5, 0.6) is 5.75 Å². The number of ether oxygens (including phenoxy) is 1. The third-order valence-corrected chi connectivity index (χ3v) is 3.89. The number of aryl methyl sites for hydroxylation is 1. The molecule has 0 radical (unpaired) electrons. The zero-order valence-corrected chi connectivity index (χ0v) is 12.3. The maximum Gasteiger partial charge on any atom is 0.178 e. The summed E-state index contributed by atoms with van der Waals surface area (Å²) in [5.41, 5.74) is 4.65. The first-order chi connectivity index (χ1) is 9.69. The van der Waals surface area contributed by atoms with Crippen LogP contribution in [0.2, 0.25) is 0 Å². The maximum atomic E-state index is 5.44. The van der Waals surface area contributed by atoms with E-state index in [1.54, 1.807) is 7.11 Å². The summed E-state index contributed by atoms with van der Waals surface area (Å²) in [5.74, 6) is 0.830. The number of hydrogen-bond acceptors (Lipinski definition) is 2. The molecule has 0 atom stereocenters. The SMILES string of the molecule is COc1ccc2c(c1)[nH]c(=S)n2Cc1ccccc1C. The number of aromatic nitrogens is 2. The van der Waals surface area contributed by atoms with Crippen LogP contribution < -0.4 is 4.74 Å². The van der Waals surface area contributed by atoms with Crippen LogP contribution >= 0.6 is 12.2 Å². The monoisotopic (exact) mass is 284 g/mol. The van der Waals surface area contributed by atoms with Crippen LogP contribution in [0.3, 0.4) is 0 Å². The van der Waals surface area contributed by atoms with Crippen molar-refractivity contribution in [2.24, 2.45) is 0 Å². The number of imidazole rings is 1. The Kier molecular flexibility index (Phi) is 3.32. The minimum Gasteiger partial charge on any atom is -0.497 e. The van der Waals surface area contributed by atoms with E-state index in [-0.39, 0.29) is 0 Å². The molecule has 1 N–H and O–H groups in total. The molecule has 3 nitrogen and oxygen atoms in total. The van der Waals surface area contributed by atoms with Crippen molar-refractivity contribution in [2.45, 2.75) is 13.5 Å². The number of nitrogens with one attached hydrogen (secondary N) is 1. The summed E-state index contributed by atoms with van der Waals surface area (Å²) >= 11 is 5.44. The highest BCUT2D eigenvalue weighted by molar-refractivity contribution is 7.71. The van der Waals surface area contributed by atoms with Crippen molar-refractivity contribution in [3.63, 3.8) is 0 Å². The van der Waals surface area contributed by atoms with E-state index >= 15 is 0 Å². The van der Waals surface area contributed by atoms with Gasteiger partial charge in [0, 0.05) is 6.07 Å². The first-order valence-corrected chi connectivity index (χ1v) is 6.91. The van der Waals surface area contributed by atoms with Crippen LogP contribution in [0.15, 0.2) is 42.5 Å². The van der Waals surface area contributed by atoms with E-state index in [4.69, 9.17) is 17.0 Å². The molecule has 0 saturated carbocycles. The summed E-state index contributed by atoms with van der Waals surface area (Å²) in [6.45, 7) is 2.90. The van der Waals surface area contributed by atoms with Crippen LogP contribution in [-0.4, -0.2) is 16.7 Å². The molecular weight excluding hydrogens is 268 g/mol. The van der Waals surface area contributed by atoms with Gasteiger partial charge in [0.05, 0.1) is 24.7 Å². The Morgan fingerprint density at radius 3 is 2.75 bits per heavy atom. The predicted molar refractivity (Wildman–Crippen MR) is 84.0 cm³/mol. The number of nitrogens with zero attached hydrogens (tertiary/aromatic N) is 1. The lowest BCUT2D eigenvalue weighted by atomic mass is 10.1. The molecule has 20 heavy (non-hydrogen) atoms. The van der Waals surface area contributed by atoms with Gasteiger partial charge in [-0.25, -0.2) is 0 Å². The third kappa shape index (κ3) is 2.23. The Bertz CT molecular complexity index is 817. The zero-order valence-electron chi connectivity index (χ0n) is 11.5. The summed E-state index contributed by atoms with van der Waals surface area (Å²) in [6.07, 6.45) is 0. The second kappa shape index (κ2) is 5.13. The van der Waals surface area contributed by atoms with Crippen molar-refractivity contribution in [3.05, 3.63) is 58.4 Å². The van der Waals surface area contributed by atoms with E-state index in [0.29, 0.717) is 0 Å². The van der Waals surface area contributed by atoms with E-state index in [1.807, 2.05) is 18.2 Å². The summed E-state index contributed by atoms with van der Waals surface area (Å²) < 4.78 is 8.10. The number of H-pyrrole nitrogens is 1. The van der Waals surface area contributed by atoms with Crippen LogP contribution in [0, 0.1) is 11.7 Å². The molecule has 0 aliphatic heterocycles. The molecule has 3 aromatic rings. The van der Waals surface area contributed by atoms with Crippen molar-refractivity contribution >= 4 is 23.3 Å². The average Bonchev–Trinajstić information content (AvgIpc) is 2.76. The van der Waals surface area contributed by atoms with Crippen LogP contribution in [0.4, 0.5) is 0 Å². The average molecular weight is 284 g/mol. The molecule has 3 rings (SSSR count). The van der Waals surface area contributed by atoms with E-state index in [2.05, 4.69) is 40.7 Å². The van der Waals surface area contributed by atoms with Crippen molar-refractivity contribution < 1.29 is 4.74 Å². The number of methoxy groups -OCH3 is 1. The van der Waals surface area contributed by atoms with Gasteiger partial charge in [-0.1, -0.05) is 24.3 Å². The molecule has 102 valence electrons. The minimum atomic E-state index is 0.733. The number of benzene rings is 2. The molecule has 0 fully saturated rings. The zero-order chi connectivity index (χ0) is 14.1. The fourth-order valence-corrected chi connectivity index (χ4v) is 2.66. The Balaban J connectivity index is 2.10. The maximum absolute atomic E-state index is 5.44. The normalized spacial score (nSPS) is 10.9. The summed E-state index contributed by atoms with van der Waals surface area (Å²) in [7, 11) is 1.67. The van der Waals surface area contributed by atoms with Gasteiger partial charge in [-0.15, -0.1) is 0 Å². The first kappa shape index (κ1) is 12.9. The van der Waals surface area contributed by atoms with Gasteiger partial charge < -0.3 is 14.3 Å². The fourth-order valence-electron chi connectivity index (χ4n) is 2.38. The highest BCUT2D eigenvalue weighted by atomic mass is 32.1. The first-order valence-electron chi connectivity index (χ1n) is 6.50. The van der Waals surface area contributed by atoms with E-state index in [0.717, 1.165) is 28.1 Å². The van der Waals surface area contributed by atoms with Crippen LogP contribution in [0.1, 0.15) is 11.1 Å². The Morgan fingerprint density at radius 2 is 2.00 bits per heavy atom. The Labute approximate surface area is 122 Å². The molecular formula is C16H16N2OS. The van der Waals surface area contributed by atoms with Crippen molar-refractivity contribution in [2.75, 3.05) is 7.11 Å². The largest absolute Gasteiger partial charge is 0.497 e. The molecule has 0 unspecified atom stereocenters. The Hall–Kier alpha value is -2.07. The number of fused-ring (bicyclic) bond motifs is 1. The molecule has 0 aliphatic carbocycles. The van der Waals surface area contributed by atoms with E-state index in [1.165, 1.54) is 11.1 Å². The van der Waals surface area contributed by atoms with Crippen molar-refractivity contribution in [1.82, 2.24) is 9.55 Å².